The van der Waals surface area contributed by atoms with Gasteiger partial charge in [-0.05, 0) is 6.92 Å². The van der Waals surface area contributed by atoms with E-state index >= 15 is 0 Å². The third-order valence-corrected chi connectivity index (χ3v) is 1.37. The molecule has 0 atom stereocenters. The summed E-state index contributed by atoms with van der Waals surface area (Å²) >= 11 is 0. The first-order valence-electron chi connectivity index (χ1n) is 3.44. The Balaban J connectivity index is 2.71. The number of carbonyl (C=O) groups excluding carboxylic acids is 1. The average molecular weight is 150 g/mol. The largest absolute Gasteiger partial charge is 0.431 e. The standard InChI is InChI=1S/C9H10O2/c1-7(11-8(2)10)9-5-3-4-6-9/h3-6H,1-2H3. The lowest BCUT2D eigenvalue weighted by Crippen LogP contribution is -1.97. The summed E-state index contributed by atoms with van der Waals surface area (Å²) in [5.74, 6) is 0.381. The summed E-state index contributed by atoms with van der Waals surface area (Å²) < 4.78 is 4.87. The van der Waals surface area contributed by atoms with Crippen molar-refractivity contribution in [3.63, 3.8) is 0 Å². The molecular formula is C9H10O2. The van der Waals surface area contributed by atoms with Crippen LogP contribution in [0, 0.1) is 0 Å². The Morgan fingerprint density at radius 1 is 1.27 bits per heavy atom. The quantitative estimate of drug-likeness (QED) is 0.422. The number of esters is 1. The first-order valence-corrected chi connectivity index (χ1v) is 3.44. The predicted molar refractivity (Wildman–Crippen MR) is 42.7 cm³/mol. The van der Waals surface area contributed by atoms with Crippen molar-refractivity contribution in [2.45, 2.75) is 13.8 Å². The minimum Gasteiger partial charge on any atom is -0.431 e. The van der Waals surface area contributed by atoms with E-state index in [1.165, 1.54) is 6.92 Å². The lowest BCUT2D eigenvalue weighted by molar-refractivity contribution is -0.136. The number of hydrogen-bond acceptors (Lipinski definition) is 2. The van der Waals surface area contributed by atoms with E-state index in [4.69, 9.17) is 4.74 Å². The van der Waals surface area contributed by atoms with Crippen LogP contribution >= 0.6 is 0 Å². The Labute approximate surface area is 65.9 Å². The maximum atomic E-state index is 10.5. The number of allylic oxidation sites excluding steroid dienone is 6. The molecule has 0 saturated carbocycles. The zero-order valence-electron chi connectivity index (χ0n) is 6.63. The van der Waals surface area contributed by atoms with Gasteiger partial charge in [0.15, 0.2) is 0 Å². The molecule has 2 heteroatoms. The van der Waals surface area contributed by atoms with Gasteiger partial charge < -0.3 is 4.74 Å². The summed E-state index contributed by atoms with van der Waals surface area (Å²) in [6, 6.07) is 0. The van der Waals surface area contributed by atoms with Crippen molar-refractivity contribution >= 4 is 5.97 Å². The lowest BCUT2D eigenvalue weighted by atomic mass is 10.2. The summed E-state index contributed by atoms with van der Waals surface area (Å²) in [7, 11) is 0. The number of ether oxygens (including phenoxy) is 1. The van der Waals surface area contributed by atoms with Crippen molar-refractivity contribution in [1.29, 1.82) is 0 Å². The molecule has 0 aromatic heterocycles. The number of carbonyl (C=O) groups is 1. The third kappa shape index (κ3) is 2.08. The molecule has 1 aliphatic carbocycles. The molecule has 0 fully saturated rings. The van der Waals surface area contributed by atoms with Crippen molar-refractivity contribution in [3.05, 3.63) is 35.6 Å². The zero-order valence-corrected chi connectivity index (χ0v) is 6.63. The van der Waals surface area contributed by atoms with E-state index in [1.807, 2.05) is 24.3 Å². The molecule has 1 aliphatic rings. The Morgan fingerprint density at radius 3 is 2.27 bits per heavy atom. The molecule has 0 amide bonds. The molecule has 0 radical (unpaired) electrons. The molecular weight excluding hydrogens is 140 g/mol. The van der Waals surface area contributed by atoms with Crippen LogP contribution in [-0.4, -0.2) is 5.97 Å². The molecule has 58 valence electrons. The molecule has 0 bridgehead atoms. The Bertz CT molecular complexity index is 243. The lowest BCUT2D eigenvalue weighted by Gasteiger charge is -2.01. The smallest absolute Gasteiger partial charge is 0.307 e. The van der Waals surface area contributed by atoms with Crippen LogP contribution in [0.2, 0.25) is 0 Å². The summed E-state index contributed by atoms with van der Waals surface area (Å²) in [5, 5.41) is 0. The minimum absolute atomic E-state index is 0.274. The summed E-state index contributed by atoms with van der Waals surface area (Å²) in [4.78, 5) is 10.5. The fourth-order valence-corrected chi connectivity index (χ4v) is 0.883. The fraction of sp³-hybridized carbons (Fsp3) is 0.222. The van der Waals surface area contributed by atoms with E-state index in [1.54, 1.807) is 6.92 Å². The molecule has 11 heavy (non-hydrogen) atoms. The van der Waals surface area contributed by atoms with E-state index in [-0.39, 0.29) is 5.97 Å². The maximum Gasteiger partial charge on any atom is 0.307 e. The molecule has 0 saturated heterocycles. The third-order valence-electron chi connectivity index (χ3n) is 1.37. The van der Waals surface area contributed by atoms with Crippen molar-refractivity contribution in [2.24, 2.45) is 0 Å². The summed E-state index contributed by atoms with van der Waals surface area (Å²) in [6.45, 7) is 3.17. The van der Waals surface area contributed by atoms with Crippen molar-refractivity contribution < 1.29 is 9.53 Å². The maximum absolute atomic E-state index is 10.5. The van der Waals surface area contributed by atoms with Crippen molar-refractivity contribution in [3.8, 4) is 0 Å². The van der Waals surface area contributed by atoms with Gasteiger partial charge in [-0.2, -0.15) is 0 Å². The van der Waals surface area contributed by atoms with Gasteiger partial charge in [0, 0.05) is 12.5 Å². The molecule has 0 unspecified atom stereocenters. The van der Waals surface area contributed by atoms with Crippen LogP contribution in [0.5, 0.6) is 0 Å². The first kappa shape index (κ1) is 7.79. The van der Waals surface area contributed by atoms with Gasteiger partial charge in [0.1, 0.15) is 5.76 Å². The zero-order chi connectivity index (χ0) is 8.27. The van der Waals surface area contributed by atoms with Crippen LogP contribution in [0.3, 0.4) is 0 Å². The SMILES string of the molecule is CC(=O)OC(C)=C1C=CC=C1. The predicted octanol–water partition coefficient (Wildman–Crippen LogP) is 1.95. The second kappa shape index (κ2) is 3.19. The van der Waals surface area contributed by atoms with Crippen LogP contribution in [0.15, 0.2) is 35.6 Å². The molecule has 0 spiro atoms. The normalized spacial score (nSPS) is 13.8. The van der Waals surface area contributed by atoms with Crippen LogP contribution in [-0.2, 0) is 9.53 Å². The van der Waals surface area contributed by atoms with Gasteiger partial charge in [-0.15, -0.1) is 0 Å². The van der Waals surface area contributed by atoms with Gasteiger partial charge in [-0.3, -0.25) is 4.79 Å². The highest BCUT2D eigenvalue weighted by molar-refractivity contribution is 5.67. The van der Waals surface area contributed by atoms with Crippen LogP contribution < -0.4 is 0 Å². The molecule has 0 aromatic rings. The number of rotatable bonds is 1. The van der Waals surface area contributed by atoms with Gasteiger partial charge in [-0.25, -0.2) is 0 Å². The van der Waals surface area contributed by atoms with E-state index in [9.17, 15) is 4.79 Å². The van der Waals surface area contributed by atoms with Crippen molar-refractivity contribution in [2.75, 3.05) is 0 Å². The van der Waals surface area contributed by atoms with E-state index in [0.29, 0.717) is 5.76 Å². The second-order valence-electron chi connectivity index (χ2n) is 2.32. The first-order chi connectivity index (χ1) is 5.20. The Kier molecular flexibility index (Phi) is 2.26. The van der Waals surface area contributed by atoms with E-state index in [0.717, 1.165) is 5.57 Å². The highest BCUT2D eigenvalue weighted by Crippen LogP contribution is 2.13. The number of hydrogen-bond donors (Lipinski definition) is 0. The molecule has 0 aromatic carbocycles. The Hall–Kier alpha value is -1.31. The molecule has 1 rings (SSSR count). The molecule has 2 nitrogen and oxygen atoms in total. The van der Waals surface area contributed by atoms with Crippen LogP contribution in [0.25, 0.3) is 0 Å². The monoisotopic (exact) mass is 150 g/mol. The van der Waals surface area contributed by atoms with Gasteiger partial charge in [0.25, 0.3) is 0 Å². The summed E-state index contributed by atoms with van der Waals surface area (Å²) in [5.41, 5.74) is 0.959. The summed E-state index contributed by atoms with van der Waals surface area (Å²) in [6.07, 6.45) is 7.61. The Morgan fingerprint density at radius 2 is 1.82 bits per heavy atom. The topological polar surface area (TPSA) is 26.3 Å². The molecule has 0 aliphatic heterocycles. The minimum atomic E-state index is -0.274. The van der Waals surface area contributed by atoms with Gasteiger partial charge in [0.05, 0.1) is 0 Å². The van der Waals surface area contributed by atoms with E-state index in [2.05, 4.69) is 0 Å². The van der Waals surface area contributed by atoms with Gasteiger partial charge in [0.2, 0.25) is 0 Å². The molecule has 0 heterocycles. The average Bonchev–Trinajstić information content (AvgIpc) is 2.35. The highest BCUT2D eigenvalue weighted by atomic mass is 16.5. The van der Waals surface area contributed by atoms with Gasteiger partial charge in [-0.1, -0.05) is 24.3 Å². The fourth-order valence-electron chi connectivity index (χ4n) is 0.883. The van der Waals surface area contributed by atoms with Gasteiger partial charge >= 0.3 is 5.97 Å². The van der Waals surface area contributed by atoms with Crippen LogP contribution in [0.4, 0.5) is 0 Å². The second-order valence-corrected chi connectivity index (χ2v) is 2.32. The van der Waals surface area contributed by atoms with E-state index < -0.39 is 0 Å². The van der Waals surface area contributed by atoms with Crippen LogP contribution in [0.1, 0.15) is 13.8 Å². The highest BCUT2D eigenvalue weighted by Gasteiger charge is 2.01. The molecule has 0 N–H and O–H groups in total. The van der Waals surface area contributed by atoms with Crippen molar-refractivity contribution in [1.82, 2.24) is 0 Å².